The monoisotopic (exact) mass is 295 g/mol. The first-order chi connectivity index (χ1) is 9.90. The summed E-state index contributed by atoms with van der Waals surface area (Å²) in [6, 6.07) is 10.8. The average Bonchev–Trinajstić information content (AvgIpc) is 2.45. The van der Waals surface area contributed by atoms with Crippen LogP contribution in [0, 0.1) is 6.92 Å². The first-order valence-corrected chi connectivity index (χ1v) is 6.45. The van der Waals surface area contributed by atoms with Crippen LogP contribution in [0.3, 0.4) is 0 Å². The molecule has 0 bridgehead atoms. The molecule has 1 N–H and O–H groups in total. The zero-order chi connectivity index (χ0) is 15.5. The van der Waals surface area contributed by atoms with Crippen LogP contribution in [0.2, 0.25) is 0 Å². The summed E-state index contributed by atoms with van der Waals surface area (Å²) in [4.78, 5) is 0. The van der Waals surface area contributed by atoms with Crippen molar-refractivity contribution in [1.82, 2.24) is 0 Å². The van der Waals surface area contributed by atoms with Gasteiger partial charge in [-0.3, -0.25) is 0 Å². The van der Waals surface area contributed by atoms with Gasteiger partial charge in [-0.15, -0.1) is 0 Å². The molecule has 0 saturated heterocycles. The van der Waals surface area contributed by atoms with E-state index < -0.39 is 11.7 Å². The summed E-state index contributed by atoms with van der Waals surface area (Å²) in [5, 5.41) is 3.17. The second kappa shape index (κ2) is 6.08. The third-order valence-electron chi connectivity index (χ3n) is 3.17. The summed E-state index contributed by atoms with van der Waals surface area (Å²) in [6.45, 7) is 2.39. The number of methoxy groups -OCH3 is 1. The molecule has 2 rings (SSSR count). The maximum absolute atomic E-state index is 12.5. The lowest BCUT2D eigenvalue weighted by Crippen LogP contribution is -2.05. The van der Waals surface area contributed by atoms with Gasteiger partial charge in [0, 0.05) is 12.2 Å². The highest BCUT2D eigenvalue weighted by atomic mass is 19.4. The van der Waals surface area contributed by atoms with Gasteiger partial charge in [-0.1, -0.05) is 12.1 Å². The summed E-state index contributed by atoms with van der Waals surface area (Å²) in [5.41, 5.74) is 2.05. The molecule has 2 aromatic rings. The van der Waals surface area contributed by atoms with Gasteiger partial charge in [0.25, 0.3) is 0 Å². The summed E-state index contributed by atoms with van der Waals surface area (Å²) in [6.07, 6.45) is -4.29. The molecule has 0 spiro atoms. The van der Waals surface area contributed by atoms with Crippen molar-refractivity contribution < 1.29 is 17.9 Å². The number of rotatable bonds is 4. The minimum atomic E-state index is -4.29. The van der Waals surface area contributed by atoms with Gasteiger partial charge in [-0.05, 0) is 48.4 Å². The van der Waals surface area contributed by atoms with Crippen LogP contribution in [0.4, 0.5) is 18.9 Å². The first kappa shape index (κ1) is 15.2. The van der Waals surface area contributed by atoms with Crippen LogP contribution in [-0.2, 0) is 12.7 Å². The zero-order valence-corrected chi connectivity index (χ0v) is 11.8. The Morgan fingerprint density at radius 1 is 1.05 bits per heavy atom. The molecule has 0 atom stereocenters. The molecule has 0 radical (unpaired) electrons. The fraction of sp³-hybridized carbons (Fsp3) is 0.250. The quantitative estimate of drug-likeness (QED) is 0.887. The molecule has 0 heterocycles. The maximum Gasteiger partial charge on any atom is 0.416 e. The van der Waals surface area contributed by atoms with Crippen molar-refractivity contribution in [3.05, 3.63) is 59.2 Å². The molecule has 0 aliphatic heterocycles. The number of anilines is 1. The fourth-order valence-electron chi connectivity index (χ4n) is 2.00. The minimum Gasteiger partial charge on any atom is -0.496 e. The van der Waals surface area contributed by atoms with Crippen LogP contribution in [-0.4, -0.2) is 7.11 Å². The molecule has 0 amide bonds. The van der Waals surface area contributed by atoms with Gasteiger partial charge in [-0.25, -0.2) is 0 Å². The Bertz CT molecular complexity index is 606. The molecule has 0 aliphatic carbocycles. The highest BCUT2D eigenvalue weighted by molar-refractivity contribution is 5.51. The lowest BCUT2D eigenvalue weighted by atomic mass is 10.1. The highest BCUT2D eigenvalue weighted by Gasteiger charge is 2.29. The number of halogens is 3. The van der Waals surface area contributed by atoms with Crippen LogP contribution >= 0.6 is 0 Å². The summed E-state index contributed by atoms with van der Waals surface area (Å²) in [7, 11) is 1.61. The van der Waals surface area contributed by atoms with Crippen molar-refractivity contribution >= 4 is 5.69 Å². The number of ether oxygens (including phenoxy) is 1. The van der Waals surface area contributed by atoms with E-state index in [1.807, 2.05) is 25.1 Å². The van der Waals surface area contributed by atoms with Crippen molar-refractivity contribution in [2.24, 2.45) is 0 Å². The predicted octanol–water partition coefficient (Wildman–Crippen LogP) is 4.63. The summed E-state index contributed by atoms with van der Waals surface area (Å²) in [5.74, 6) is 0.801. The second-order valence-corrected chi connectivity index (χ2v) is 4.73. The van der Waals surface area contributed by atoms with Gasteiger partial charge in [0.15, 0.2) is 0 Å². The van der Waals surface area contributed by atoms with E-state index in [9.17, 15) is 13.2 Å². The van der Waals surface area contributed by atoms with Crippen LogP contribution < -0.4 is 10.1 Å². The Kier molecular flexibility index (Phi) is 4.40. The molecule has 0 aliphatic rings. The lowest BCUT2D eigenvalue weighted by Gasteiger charge is -2.11. The maximum atomic E-state index is 12.5. The van der Waals surface area contributed by atoms with Crippen molar-refractivity contribution in [2.75, 3.05) is 12.4 Å². The second-order valence-electron chi connectivity index (χ2n) is 4.73. The topological polar surface area (TPSA) is 21.3 Å². The largest absolute Gasteiger partial charge is 0.496 e. The molecule has 5 heteroatoms. The molecule has 2 nitrogen and oxygen atoms in total. The van der Waals surface area contributed by atoms with E-state index in [1.54, 1.807) is 7.11 Å². The first-order valence-electron chi connectivity index (χ1n) is 6.45. The number of hydrogen-bond acceptors (Lipinski definition) is 2. The predicted molar refractivity (Wildman–Crippen MR) is 76.5 cm³/mol. The third-order valence-corrected chi connectivity index (χ3v) is 3.17. The number of aryl methyl sites for hydroxylation is 1. The molecule has 0 fully saturated rings. The summed E-state index contributed by atoms with van der Waals surface area (Å²) >= 11 is 0. The van der Waals surface area contributed by atoms with Gasteiger partial charge in [0.05, 0.1) is 12.7 Å². The molecule has 0 saturated carbocycles. The van der Waals surface area contributed by atoms with Crippen molar-refractivity contribution in [1.29, 1.82) is 0 Å². The number of alkyl halides is 3. The van der Waals surface area contributed by atoms with Gasteiger partial charge in [-0.2, -0.15) is 13.2 Å². The number of benzene rings is 2. The third kappa shape index (κ3) is 3.90. The Morgan fingerprint density at radius 3 is 2.24 bits per heavy atom. The highest BCUT2D eigenvalue weighted by Crippen LogP contribution is 2.29. The molecular weight excluding hydrogens is 279 g/mol. The Labute approximate surface area is 121 Å². The van der Waals surface area contributed by atoms with E-state index in [1.165, 1.54) is 12.1 Å². The van der Waals surface area contributed by atoms with Crippen molar-refractivity contribution in [3.63, 3.8) is 0 Å². The van der Waals surface area contributed by atoms with Crippen LogP contribution in [0.15, 0.2) is 42.5 Å². The average molecular weight is 295 g/mol. The molecule has 0 unspecified atom stereocenters. The SMILES string of the molecule is COc1ccc(NCc2ccc(C(F)(F)F)cc2)cc1C. The number of nitrogens with one attached hydrogen (secondary N) is 1. The Balaban J connectivity index is 2.01. The zero-order valence-electron chi connectivity index (χ0n) is 11.8. The van der Waals surface area contributed by atoms with Crippen LogP contribution in [0.1, 0.15) is 16.7 Å². The van der Waals surface area contributed by atoms with Gasteiger partial charge in [0.1, 0.15) is 5.75 Å². The van der Waals surface area contributed by atoms with Crippen LogP contribution in [0.5, 0.6) is 5.75 Å². The standard InChI is InChI=1S/C16H16F3NO/c1-11-9-14(7-8-15(11)21-2)20-10-12-3-5-13(6-4-12)16(17,18)19/h3-9,20H,10H2,1-2H3. The lowest BCUT2D eigenvalue weighted by molar-refractivity contribution is -0.137. The molecule has 21 heavy (non-hydrogen) atoms. The normalized spacial score (nSPS) is 11.3. The van der Waals surface area contributed by atoms with Gasteiger partial charge in [0.2, 0.25) is 0 Å². The minimum absolute atomic E-state index is 0.462. The molecule has 0 aromatic heterocycles. The Hall–Kier alpha value is -2.17. The molecular formula is C16H16F3NO. The van der Waals surface area contributed by atoms with E-state index in [0.717, 1.165) is 34.7 Å². The molecule has 2 aromatic carbocycles. The van der Waals surface area contributed by atoms with Crippen LogP contribution in [0.25, 0.3) is 0 Å². The summed E-state index contributed by atoms with van der Waals surface area (Å²) < 4.78 is 42.5. The van der Waals surface area contributed by atoms with E-state index in [4.69, 9.17) is 4.74 Å². The van der Waals surface area contributed by atoms with Crippen molar-refractivity contribution in [2.45, 2.75) is 19.6 Å². The number of hydrogen-bond donors (Lipinski definition) is 1. The van der Waals surface area contributed by atoms with Crippen molar-refractivity contribution in [3.8, 4) is 5.75 Å². The van der Waals surface area contributed by atoms with E-state index >= 15 is 0 Å². The van der Waals surface area contributed by atoms with Gasteiger partial charge >= 0.3 is 6.18 Å². The fourth-order valence-corrected chi connectivity index (χ4v) is 2.00. The van der Waals surface area contributed by atoms with Gasteiger partial charge < -0.3 is 10.1 Å². The smallest absolute Gasteiger partial charge is 0.416 e. The molecule has 112 valence electrons. The van der Waals surface area contributed by atoms with E-state index in [-0.39, 0.29) is 0 Å². The van der Waals surface area contributed by atoms with E-state index in [2.05, 4.69) is 5.32 Å². The van der Waals surface area contributed by atoms with E-state index in [0.29, 0.717) is 6.54 Å². The Morgan fingerprint density at radius 2 is 1.71 bits per heavy atom.